The standard InChI is InChI=1S/C23H29NO5/c1-5-6-12-29-23(26)20-14(2)24-16-8-7-9-17(25)22(16)21(20)15-10-11-18(27-3)19(13-15)28-4/h10-11,13,21,24H,5-9,12H2,1-4H3/t21-/m0/s1. The molecule has 0 fully saturated rings. The molecule has 1 aromatic rings. The summed E-state index contributed by atoms with van der Waals surface area (Å²) in [6.07, 6.45) is 3.84. The fraction of sp³-hybridized carbons (Fsp3) is 0.478. The number of ether oxygens (including phenoxy) is 3. The monoisotopic (exact) mass is 399 g/mol. The first-order chi connectivity index (χ1) is 14.0. The Kier molecular flexibility index (Phi) is 6.62. The molecule has 1 aliphatic heterocycles. The van der Waals surface area contributed by atoms with Crippen LogP contribution in [0.3, 0.4) is 0 Å². The van der Waals surface area contributed by atoms with Gasteiger partial charge in [-0.1, -0.05) is 19.4 Å². The van der Waals surface area contributed by atoms with Gasteiger partial charge in [0.05, 0.1) is 26.4 Å². The third-order valence-corrected chi connectivity index (χ3v) is 5.47. The number of rotatable bonds is 7. The van der Waals surface area contributed by atoms with E-state index in [1.165, 1.54) is 0 Å². The quantitative estimate of drug-likeness (QED) is 0.552. The lowest BCUT2D eigenvalue weighted by molar-refractivity contribution is -0.139. The van der Waals surface area contributed by atoms with Gasteiger partial charge in [-0.25, -0.2) is 4.79 Å². The molecule has 0 bridgehead atoms. The van der Waals surface area contributed by atoms with E-state index in [-0.39, 0.29) is 11.8 Å². The van der Waals surface area contributed by atoms with Crippen LogP contribution in [0.4, 0.5) is 0 Å². The predicted octanol–water partition coefficient (Wildman–Crippen LogP) is 4.02. The van der Waals surface area contributed by atoms with Crippen molar-refractivity contribution in [1.29, 1.82) is 0 Å². The smallest absolute Gasteiger partial charge is 0.336 e. The molecule has 0 amide bonds. The largest absolute Gasteiger partial charge is 0.493 e. The van der Waals surface area contributed by atoms with Gasteiger partial charge in [0, 0.05) is 29.3 Å². The Labute approximate surface area is 171 Å². The van der Waals surface area contributed by atoms with E-state index in [9.17, 15) is 9.59 Å². The molecule has 2 aliphatic rings. The van der Waals surface area contributed by atoms with Gasteiger partial charge in [-0.2, -0.15) is 0 Å². The highest BCUT2D eigenvalue weighted by Crippen LogP contribution is 2.44. The van der Waals surface area contributed by atoms with Crippen LogP contribution < -0.4 is 14.8 Å². The van der Waals surface area contributed by atoms with Gasteiger partial charge in [-0.05, 0) is 43.9 Å². The van der Waals surface area contributed by atoms with Crippen molar-refractivity contribution < 1.29 is 23.8 Å². The number of methoxy groups -OCH3 is 2. The Morgan fingerprint density at radius 2 is 1.93 bits per heavy atom. The fourth-order valence-electron chi connectivity index (χ4n) is 4.01. The first-order valence-electron chi connectivity index (χ1n) is 10.1. The lowest BCUT2D eigenvalue weighted by Gasteiger charge is -2.34. The number of ketones is 1. The van der Waals surface area contributed by atoms with Gasteiger partial charge in [-0.15, -0.1) is 0 Å². The molecule has 6 heteroatoms. The number of Topliss-reactive ketones (excluding diaryl/α,β-unsaturated/α-hetero) is 1. The Hall–Kier alpha value is -2.76. The number of hydrogen-bond acceptors (Lipinski definition) is 6. The summed E-state index contributed by atoms with van der Waals surface area (Å²) < 4.78 is 16.3. The van der Waals surface area contributed by atoms with Gasteiger partial charge in [0.2, 0.25) is 0 Å². The van der Waals surface area contributed by atoms with Gasteiger partial charge in [-0.3, -0.25) is 4.79 Å². The number of hydrogen-bond donors (Lipinski definition) is 1. The minimum Gasteiger partial charge on any atom is -0.493 e. The van der Waals surface area contributed by atoms with Crippen molar-refractivity contribution in [1.82, 2.24) is 5.32 Å². The van der Waals surface area contributed by atoms with Gasteiger partial charge in [0.15, 0.2) is 17.3 Å². The first kappa shape index (κ1) is 21.0. The zero-order valence-corrected chi connectivity index (χ0v) is 17.6. The highest BCUT2D eigenvalue weighted by Gasteiger charge is 2.39. The molecule has 29 heavy (non-hydrogen) atoms. The summed E-state index contributed by atoms with van der Waals surface area (Å²) >= 11 is 0. The summed E-state index contributed by atoms with van der Waals surface area (Å²) in [7, 11) is 3.15. The van der Waals surface area contributed by atoms with Crippen molar-refractivity contribution in [3.05, 3.63) is 46.3 Å². The molecular formula is C23H29NO5. The third kappa shape index (κ3) is 4.16. The zero-order chi connectivity index (χ0) is 21.0. The zero-order valence-electron chi connectivity index (χ0n) is 17.6. The Morgan fingerprint density at radius 3 is 2.62 bits per heavy atom. The van der Waals surface area contributed by atoms with E-state index >= 15 is 0 Å². The number of esters is 1. The lowest BCUT2D eigenvalue weighted by Crippen LogP contribution is -2.34. The Morgan fingerprint density at radius 1 is 1.17 bits per heavy atom. The summed E-state index contributed by atoms with van der Waals surface area (Å²) in [5, 5.41) is 3.30. The van der Waals surface area contributed by atoms with Crippen LogP contribution in [-0.2, 0) is 14.3 Å². The second-order valence-electron chi connectivity index (χ2n) is 7.37. The van der Waals surface area contributed by atoms with Crippen LogP contribution in [0, 0.1) is 0 Å². The molecular weight excluding hydrogens is 370 g/mol. The van der Waals surface area contributed by atoms with Crippen LogP contribution in [0.1, 0.15) is 57.4 Å². The molecule has 1 N–H and O–H groups in total. The van der Waals surface area contributed by atoms with E-state index in [1.54, 1.807) is 20.3 Å². The fourth-order valence-corrected chi connectivity index (χ4v) is 4.01. The molecule has 3 rings (SSSR count). The van der Waals surface area contributed by atoms with Crippen LogP contribution in [0.25, 0.3) is 0 Å². The summed E-state index contributed by atoms with van der Waals surface area (Å²) in [4.78, 5) is 25.9. The van der Waals surface area contributed by atoms with Crippen molar-refractivity contribution in [2.24, 2.45) is 0 Å². The molecule has 0 aromatic heterocycles. The van der Waals surface area contributed by atoms with Gasteiger partial charge in [0.1, 0.15) is 0 Å². The topological polar surface area (TPSA) is 73.9 Å². The number of benzene rings is 1. The van der Waals surface area contributed by atoms with E-state index in [0.717, 1.165) is 42.6 Å². The van der Waals surface area contributed by atoms with E-state index in [4.69, 9.17) is 14.2 Å². The minimum atomic E-state index is -0.479. The molecule has 1 aromatic carbocycles. The Bertz CT molecular complexity index is 868. The van der Waals surface area contributed by atoms with Crippen molar-refractivity contribution in [3.63, 3.8) is 0 Å². The van der Waals surface area contributed by atoms with Crippen LogP contribution in [0.5, 0.6) is 11.5 Å². The van der Waals surface area contributed by atoms with E-state index in [1.807, 2.05) is 26.0 Å². The molecule has 0 unspecified atom stereocenters. The maximum Gasteiger partial charge on any atom is 0.336 e. The summed E-state index contributed by atoms with van der Waals surface area (Å²) in [5.41, 5.74) is 3.61. The molecule has 0 spiro atoms. The number of unbranched alkanes of at least 4 members (excludes halogenated alkanes) is 1. The summed E-state index contributed by atoms with van der Waals surface area (Å²) in [6, 6.07) is 5.53. The van der Waals surface area contributed by atoms with Crippen molar-refractivity contribution >= 4 is 11.8 Å². The summed E-state index contributed by atoms with van der Waals surface area (Å²) in [6.45, 7) is 4.28. The van der Waals surface area contributed by atoms with Crippen LogP contribution in [0.15, 0.2) is 40.7 Å². The highest BCUT2D eigenvalue weighted by atomic mass is 16.5. The number of carbonyl (C=O) groups excluding carboxylic acids is 2. The average Bonchev–Trinajstić information content (AvgIpc) is 2.72. The first-order valence-corrected chi connectivity index (χ1v) is 10.1. The normalized spacial score (nSPS) is 18.9. The number of dihydropyridines is 1. The van der Waals surface area contributed by atoms with E-state index < -0.39 is 5.92 Å². The molecule has 156 valence electrons. The minimum absolute atomic E-state index is 0.0740. The van der Waals surface area contributed by atoms with Crippen LogP contribution in [-0.4, -0.2) is 32.6 Å². The maximum atomic E-state index is 13.0. The molecule has 6 nitrogen and oxygen atoms in total. The van der Waals surface area contributed by atoms with E-state index in [0.29, 0.717) is 35.7 Å². The SMILES string of the molecule is CCCCOC(=O)C1=C(C)NC2=C(C(=O)CCC2)[C@H]1c1ccc(OC)c(OC)c1. The molecule has 0 radical (unpaired) electrons. The van der Waals surface area contributed by atoms with Gasteiger partial charge < -0.3 is 19.5 Å². The molecule has 1 aliphatic carbocycles. The van der Waals surface area contributed by atoms with Crippen LogP contribution in [0.2, 0.25) is 0 Å². The molecule has 0 saturated heterocycles. The number of nitrogens with one attached hydrogen (secondary N) is 1. The van der Waals surface area contributed by atoms with E-state index in [2.05, 4.69) is 5.32 Å². The number of carbonyl (C=O) groups is 2. The second-order valence-corrected chi connectivity index (χ2v) is 7.37. The van der Waals surface area contributed by atoms with Crippen molar-refractivity contribution in [2.75, 3.05) is 20.8 Å². The second kappa shape index (κ2) is 9.16. The highest BCUT2D eigenvalue weighted by molar-refractivity contribution is 6.03. The molecule has 0 saturated carbocycles. The third-order valence-electron chi connectivity index (χ3n) is 5.47. The summed E-state index contributed by atoms with van der Waals surface area (Å²) in [5.74, 6) is 0.374. The van der Waals surface area contributed by atoms with Gasteiger partial charge >= 0.3 is 5.97 Å². The average molecular weight is 399 g/mol. The maximum absolute atomic E-state index is 13.0. The molecule has 1 atom stereocenters. The Balaban J connectivity index is 2.09. The molecule has 1 heterocycles. The number of allylic oxidation sites excluding steroid dienone is 3. The van der Waals surface area contributed by atoms with Gasteiger partial charge in [0.25, 0.3) is 0 Å². The van der Waals surface area contributed by atoms with Crippen molar-refractivity contribution in [2.45, 2.75) is 51.9 Å². The lowest BCUT2D eigenvalue weighted by atomic mass is 9.75. The van der Waals surface area contributed by atoms with Crippen molar-refractivity contribution in [3.8, 4) is 11.5 Å². The predicted molar refractivity (Wildman–Crippen MR) is 110 cm³/mol. The van der Waals surface area contributed by atoms with Crippen LogP contribution >= 0.6 is 0 Å².